The summed E-state index contributed by atoms with van der Waals surface area (Å²) >= 11 is 11.7. The number of halogens is 2. The highest BCUT2D eigenvalue weighted by Crippen LogP contribution is 2.24. The molecule has 1 atom stereocenters. The number of carbonyl (C=O) groups excluding carboxylic acids is 1. The van der Waals surface area contributed by atoms with Crippen LogP contribution in [-0.4, -0.2) is 41.1 Å². The number of benzene rings is 1. The molecule has 21 heavy (non-hydrogen) atoms. The average molecular weight is 332 g/mol. The van der Waals surface area contributed by atoms with Crippen molar-refractivity contribution in [2.24, 2.45) is 0 Å². The Kier molecular flexibility index (Phi) is 5.31. The molecule has 0 bridgehead atoms. The second-order valence-corrected chi connectivity index (χ2v) is 5.70. The standard InChI is InChI=1S/C14H15Cl2NO4/c15-9-5-10(16)7-11(6-9)21-8-13(18)17-4-2-1-3-12(17)14(19)20/h5-7,12H,1-4,8H2,(H,19,20)/t12-/m0/s1. The minimum absolute atomic E-state index is 0.236. The number of carbonyl (C=O) groups is 2. The van der Waals surface area contributed by atoms with Gasteiger partial charge in [0.15, 0.2) is 6.61 Å². The first kappa shape index (κ1) is 15.9. The van der Waals surface area contributed by atoms with Crippen molar-refractivity contribution < 1.29 is 19.4 Å². The zero-order chi connectivity index (χ0) is 15.4. The van der Waals surface area contributed by atoms with Gasteiger partial charge in [-0.05, 0) is 37.5 Å². The van der Waals surface area contributed by atoms with Crippen molar-refractivity contribution in [3.63, 3.8) is 0 Å². The van der Waals surface area contributed by atoms with E-state index in [2.05, 4.69) is 0 Å². The lowest BCUT2D eigenvalue weighted by molar-refractivity contribution is -0.152. The van der Waals surface area contributed by atoms with Crippen LogP contribution in [0.3, 0.4) is 0 Å². The molecule has 1 heterocycles. The van der Waals surface area contributed by atoms with E-state index in [0.29, 0.717) is 28.8 Å². The first-order valence-corrected chi connectivity index (χ1v) is 7.34. The Bertz CT molecular complexity index is 530. The lowest BCUT2D eigenvalue weighted by Crippen LogP contribution is -2.49. The van der Waals surface area contributed by atoms with Gasteiger partial charge >= 0.3 is 5.97 Å². The van der Waals surface area contributed by atoms with Gasteiger partial charge in [0.1, 0.15) is 11.8 Å². The smallest absolute Gasteiger partial charge is 0.326 e. The minimum atomic E-state index is -0.978. The minimum Gasteiger partial charge on any atom is -0.484 e. The monoisotopic (exact) mass is 331 g/mol. The quantitative estimate of drug-likeness (QED) is 0.921. The molecule has 114 valence electrons. The highest BCUT2D eigenvalue weighted by molar-refractivity contribution is 6.34. The number of likely N-dealkylation sites (tertiary alicyclic amines) is 1. The molecule has 1 saturated heterocycles. The summed E-state index contributed by atoms with van der Waals surface area (Å²) in [4.78, 5) is 24.7. The Morgan fingerprint density at radius 3 is 2.52 bits per heavy atom. The summed E-state index contributed by atoms with van der Waals surface area (Å²) in [5.74, 6) is -0.947. The highest BCUT2D eigenvalue weighted by Gasteiger charge is 2.31. The van der Waals surface area contributed by atoms with Gasteiger partial charge in [0, 0.05) is 16.6 Å². The van der Waals surface area contributed by atoms with Gasteiger partial charge in [-0.1, -0.05) is 23.2 Å². The van der Waals surface area contributed by atoms with Crippen LogP contribution in [0.4, 0.5) is 0 Å². The second-order valence-electron chi connectivity index (χ2n) is 4.83. The molecule has 0 saturated carbocycles. The molecule has 1 aliphatic rings. The molecule has 0 aliphatic carbocycles. The van der Waals surface area contributed by atoms with Crippen LogP contribution < -0.4 is 4.74 Å². The number of rotatable bonds is 4. The number of hydrogen-bond donors (Lipinski definition) is 1. The zero-order valence-electron chi connectivity index (χ0n) is 11.2. The first-order valence-electron chi connectivity index (χ1n) is 6.58. The van der Waals surface area contributed by atoms with Crippen LogP contribution in [0.2, 0.25) is 10.0 Å². The molecule has 2 rings (SSSR count). The molecule has 1 N–H and O–H groups in total. The first-order chi connectivity index (χ1) is 9.97. The molecule has 0 spiro atoms. The number of piperidine rings is 1. The van der Waals surface area contributed by atoms with Gasteiger partial charge in [-0.25, -0.2) is 4.79 Å². The molecular weight excluding hydrogens is 317 g/mol. The Labute approximate surface area is 132 Å². The maximum atomic E-state index is 12.1. The fourth-order valence-electron chi connectivity index (χ4n) is 2.33. The fourth-order valence-corrected chi connectivity index (χ4v) is 2.83. The fraction of sp³-hybridized carbons (Fsp3) is 0.429. The lowest BCUT2D eigenvalue weighted by atomic mass is 10.0. The highest BCUT2D eigenvalue weighted by atomic mass is 35.5. The Balaban J connectivity index is 1.98. The Morgan fingerprint density at radius 2 is 1.90 bits per heavy atom. The number of ether oxygens (including phenoxy) is 1. The predicted octanol–water partition coefficient (Wildman–Crippen LogP) is 2.84. The van der Waals surface area contributed by atoms with E-state index in [1.54, 1.807) is 18.2 Å². The van der Waals surface area contributed by atoms with Gasteiger partial charge in [0.25, 0.3) is 5.91 Å². The van der Waals surface area contributed by atoms with E-state index in [-0.39, 0.29) is 12.5 Å². The van der Waals surface area contributed by atoms with E-state index < -0.39 is 12.0 Å². The van der Waals surface area contributed by atoms with Gasteiger partial charge in [-0.2, -0.15) is 0 Å². The van der Waals surface area contributed by atoms with Crippen LogP contribution in [0, 0.1) is 0 Å². The summed E-state index contributed by atoms with van der Waals surface area (Å²) in [6, 6.07) is 3.89. The molecule has 1 aromatic rings. The zero-order valence-corrected chi connectivity index (χ0v) is 12.7. The lowest BCUT2D eigenvalue weighted by Gasteiger charge is -2.32. The number of aliphatic carboxylic acids is 1. The Morgan fingerprint density at radius 1 is 1.24 bits per heavy atom. The van der Waals surface area contributed by atoms with Crippen LogP contribution in [0.15, 0.2) is 18.2 Å². The maximum Gasteiger partial charge on any atom is 0.326 e. The largest absolute Gasteiger partial charge is 0.484 e. The van der Waals surface area contributed by atoms with E-state index in [0.717, 1.165) is 12.8 Å². The Hall–Kier alpha value is -1.46. The van der Waals surface area contributed by atoms with E-state index in [1.807, 2.05) is 0 Å². The molecule has 1 aromatic carbocycles. The molecule has 1 amide bonds. The topological polar surface area (TPSA) is 66.8 Å². The summed E-state index contributed by atoms with van der Waals surface area (Å²) in [7, 11) is 0. The van der Waals surface area contributed by atoms with Crippen molar-refractivity contribution in [3.05, 3.63) is 28.2 Å². The molecule has 5 nitrogen and oxygen atoms in total. The number of nitrogens with zero attached hydrogens (tertiary/aromatic N) is 1. The number of carboxylic acids is 1. The van der Waals surface area contributed by atoms with E-state index in [9.17, 15) is 9.59 Å². The summed E-state index contributed by atoms with van der Waals surface area (Å²) in [6.07, 6.45) is 2.09. The van der Waals surface area contributed by atoms with E-state index in [4.69, 9.17) is 33.0 Å². The molecule has 0 radical (unpaired) electrons. The number of hydrogen-bond acceptors (Lipinski definition) is 3. The van der Waals surface area contributed by atoms with Crippen molar-refractivity contribution in [3.8, 4) is 5.75 Å². The third-order valence-electron chi connectivity index (χ3n) is 3.31. The SMILES string of the molecule is O=C(O)[C@@H]1CCCCN1C(=O)COc1cc(Cl)cc(Cl)c1. The summed E-state index contributed by atoms with van der Waals surface area (Å²) in [5, 5.41) is 9.96. The van der Waals surface area contributed by atoms with Crippen LogP contribution in [0.25, 0.3) is 0 Å². The molecule has 0 aromatic heterocycles. The number of amides is 1. The van der Waals surface area contributed by atoms with Crippen LogP contribution in [0.1, 0.15) is 19.3 Å². The maximum absolute atomic E-state index is 12.1. The predicted molar refractivity (Wildman–Crippen MR) is 78.9 cm³/mol. The van der Waals surface area contributed by atoms with Gasteiger partial charge in [-0.3, -0.25) is 4.79 Å². The summed E-state index contributed by atoms with van der Waals surface area (Å²) in [5.41, 5.74) is 0. The molecule has 0 unspecified atom stereocenters. The normalized spacial score (nSPS) is 18.4. The van der Waals surface area contributed by atoms with Gasteiger partial charge in [0.2, 0.25) is 0 Å². The van der Waals surface area contributed by atoms with Crippen molar-refractivity contribution in [2.45, 2.75) is 25.3 Å². The third-order valence-corrected chi connectivity index (χ3v) is 3.74. The second kappa shape index (κ2) is 7.00. The third kappa shape index (κ3) is 4.25. The summed E-state index contributed by atoms with van der Waals surface area (Å²) in [6.45, 7) is 0.204. The summed E-state index contributed by atoms with van der Waals surface area (Å²) < 4.78 is 5.36. The van der Waals surface area contributed by atoms with Crippen molar-refractivity contribution in [1.29, 1.82) is 0 Å². The van der Waals surface area contributed by atoms with E-state index in [1.165, 1.54) is 4.90 Å². The molecular formula is C14H15Cl2NO4. The molecule has 1 fully saturated rings. The van der Waals surface area contributed by atoms with Crippen LogP contribution >= 0.6 is 23.2 Å². The number of carboxylic acid groups (broad SMARTS) is 1. The van der Waals surface area contributed by atoms with Gasteiger partial charge in [0.05, 0.1) is 0 Å². The van der Waals surface area contributed by atoms with Crippen molar-refractivity contribution in [2.75, 3.05) is 13.2 Å². The van der Waals surface area contributed by atoms with E-state index >= 15 is 0 Å². The molecule has 1 aliphatic heterocycles. The van der Waals surface area contributed by atoms with Gasteiger partial charge in [-0.15, -0.1) is 0 Å². The molecule has 7 heteroatoms. The van der Waals surface area contributed by atoms with Crippen LogP contribution in [0.5, 0.6) is 5.75 Å². The van der Waals surface area contributed by atoms with Crippen molar-refractivity contribution in [1.82, 2.24) is 4.90 Å². The van der Waals surface area contributed by atoms with Gasteiger partial charge < -0.3 is 14.7 Å². The average Bonchev–Trinajstić information content (AvgIpc) is 2.43. The van der Waals surface area contributed by atoms with Crippen LogP contribution in [-0.2, 0) is 9.59 Å². The van der Waals surface area contributed by atoms with Crippen molar-refractivity contribution >= 4 is 35.1 Å².